The molecule has 0 fully saturated rings. The number of nitrogens with one attached hydrogen (secondary N) is 1. The van der Waals surface area contributed by atoms with Crippen molar-refractivity contribution >= 4 is 15.8 Å². The first kappa shape index (κ1) is 13.5. The van der Waals surface area contributed by atoms with Crippen molar-refractivity contribution in [3.05, 3.63) is 24.3 Å². The number of aliphatic carboxylic acids is 1. The van der Waals surface area contributed by atoms with Crippen LogP contribution in [-0.4, -0.2) is 39.0 Å². The molecular weight excluding hydrogens is 246 g/mol. The molecule has 94 valence electrons. The van der Waals surface area contributed by atoms with Crippen molar-refractivity contribution in [2.24, 2.45) is 0 Å². The quantitative estimate of drug-likeness (QED) is 0.779. The molecule has 0 saturated heterocycles. The summed E-state index contributed by atoms with van der Waals surface area (Å²) in [5, 5.41) is 9.40. The van der Waals surface area contributed by atoms with Crippen LogP contribution in [0.15, 0.2) is 29.2 Å². The van der Waals surface area contributed by atoms with Gasteiger partial charge in [0.05, 0.1) is 12.0 Å². The zero-order valence-electron chi connectivity index (χ0n) is 9.38. The summed E-state index contributed by atoms with van der Waals surface area (Å²) in [6.07, 6.45) is 0. The van der Waals surface area contributed by atoms with E-state index >= 15 is 0 Å². The Labute approximate surface area is 99.1 Å². The van der Waals surface area contributed by atoms with Gasteiger partial charge >= 0.3 is 5.97 Å². The highest BCUT2D eigenvalue weighted by molar-refractivity contribution is 7.92. The Morgan fingerprint density at radius 1 is 1.35 bits per heavy atom. The third kappa shape index (κ3) is 2.75. The van der Waals surface area contributed by atoms with Gasteiger partial charge in [0.1, 0.15) is 5.75 Å². The average Bonchev–Trinajstić information content (AvgIpc) is 2.29. The molecule has 0 amide bonds. The van der Waals surface area contributed by atoms with Crippen molar-refractivity contribution < 1.29 is 23.1 Å². The molecule has 17 heavy (non-hydrogen) atoms. The first-order chi connectivity index (χ1) is 7.93. The number of ether oxygens (including phenoxy) is 1. The van der Waals surface area contributed by atoms with E-state index in [1.165, 1.54) is 38.4 Å². The number of benzene rings is 1. The summed E-state index contributed by atoms with van der Waals surface area (Å²) < 4.78 is 28.7. The van der Waals surface area contributed by atoms with E-state index in [0.29, 0.717) is 5.75 Å². The van der Waals surface area contributed by atoms with E-state index in [4.69, 9.17) is 9.84 Å². The number of carboxylic acids is 1. The minimum Gasteiger partial charge on any atom is -0.497 e. The molecule has 0 heterocycles. The number of rotatable bonds is 5. The van der Waals surface area contributed by atoms with Crippen molar-refractivity contribution in [1.82, 2.24) is 5.32 Å². The number of carbonyl (C=O) groups is 1. The molecule has 6 nitrogen and oxygen atoms in total. The highest BCUT2D eigenvalue weighted by atomic mass is 32.2. The molecule has 1 atom stereocenters. The lowest BCUT2D eigenvalue weighted by Crippen LogP contribution is -2.41. The molecule has 0 radical (unpaired) electrons. The molecule has 0 aliphatic heterocycles. The van der Waals surface area contributed by atoms with E-state index in [1.807, 2.05) is 0 Å². The van der Waals surface area contributed by atoms with Gasteiger partial charge in [0.25, 0.3) is 0 Å². The molecule has 2 N–H and O–H groups in total. The zero-order valence-corrected chi connectivity index (χ0v) is 10.2. The summed E-state index contributed by atoms with van der Waals surface area (Å²) in [5.74, 6) is -0.941. The zero-order chi connectivity index (χ0) is 13.1. The number of carboxylic acid groups (broad SMARTS) is 1. The number of likely N-dealkylation sites (N-methyl/N-ethyl adjacent to an activating group) is 1. The van der Waals surface area contributed by atoms with Crippen molar-refractivity contribution in [2.45, 2.75) is 10.3 Å². The fourth-order valence-electron chi connectivity index (χ4n) is 1.31. The van der Waals surface area contributed by atoms with Gasteiger partial charge in [-0.3, -0.25) is 5.32 Å². The van der Waals surface area contributed by atoms with Gasteiger partial charge in [-0.25, -0.2) is 13.2 Å². The molecule has 0 aliphatic rings. The van der Waals surface area contributed by atoms with Crippen LogP contribution >= 0.6 is 0 Å². The average molecular weight is 259 g/mol. The smallest absolute Gasteiger partial charge is 0.336 e. The SMILES string of the molecule is CNC(C(=O)O)S(=O)(=O)c1ccc(OC)cc1. The van der Waals surface area contributed by atoms with Crippen LogP contribution in [0.4, 0.5) is 0 Å². The molecule has 1 aromatic carbocycles. The van der Waals surface area contributed by atoms with Crippen molar-refractivity contribution in [3.8, 4) is 5.75 Å². The molecule has 1 rings (SSSR count). The van der Waals surface area contributed by atoms with Crippen LogP contribution in [0.2, 0.25) is 0 Å². The van der Waals surface area contributed by atoms with Crippen LogP contribution in [0.3, 0.4) is 0 Å². The molecule has 0 bridgehead atoms. The highest BCUT2D eigenvalue weighted by Crippen LogP contribution is 2.18. The topological polar surface area (TPSA) is 92.7 Å². The van der Waals surface area contributed by atoms with Crippen molar-refractivity contribution in [3.63, 3.8) is 0 Å². The van der Waals surface area contributed by atoms with Crippen LogP contribution in [0.5, 0.6) is 5.75 Å². The molecule has 0 saturated carbocycles. The fourth-order valence-corrected chi connectivity index (χ4v) is 2.68. The van der Waals surface area contributed by atoms with Crippen molar-refractivity contribution in [2.75, 3.05) is 14.2 Å². The van der Waals surface area contributed by atoms with Crippen LogP contribution in [-0.2, 0) is 14.6 Å². The molecule has 0 spiro atoms. The molecule has 7 heteroatoms. The van der Waals surface area contributed by atoms with Crippen LogP contribution in [0, 0.1) is 0 Å². The lowest BCUT2D eigenvalue weighted by atomic mass is 10.3. The van der Waals surface area contributed by atoms with E-state index in [1.54, 1.807) is 0 Å². The molecule has 1 unspecified atom stereocenters. The van der Waals surface area contributed by atoms with E-state index in [9.17, 15) is 13.2 Å². The Morgan fingerprint density at radius 2 is 1.88 bits per heavy atom. The second-order valence-corrected chi connectivity index (χ2v) is 5.26. The maximum Gasteiger partial charge on any atom is 0.336 e. The third-order valence-corrected chi connectivity index (χ3v) is 4.17. The Bertz CT molecular complexity index is 494. The molecular formula is C10H13NO5S. The van der Waals surface area contributed by atoms with E-state index in [-0.39, 0.29) is 4.90 Å². The maximum atomic E-state index is 11.9. The molecule has 1 aromatic rings. The summed E-state index contributed by atoms with van der Waals surface area (Å²) in [4.78, 5) is 10.7. The second-order valence-electron chi connectivity index (χ2n) is 3.23. The molecule has 0 aromatic heterocycles. The third-order valence-electron chi connectivity index (χ3n) is 2.18. The lowest BCUT2D eigenvalue weighted by molar-refractivity contribution is -0.137. The van der Waals surface area contributed by atoms with Gasteiger partial charge in [0, 0.05) is 0 Å². The van der Waals surface area contributed by atoms with Crippen LogP contribution < -0.4 is 10.1 Å². The van der Waals surface area contributed by atoms with E-state index in [0.717, 1.165) is 0 Å². The number of hydrogen-bond acceptors (Lipinski definition) is 5. The first-order valence-corrected chi connectivity index (χ1v) is 6.26. The number of methoxy groups -OCH3 is 1. The van der Waals surface area contributed by atoms with Gasteiger partial charge in [-0.15, -0.1) is 0 Å². The van der Waals surface area contributed by atoms with Gasteiger partial charge in [0.2, 0.25) is 15.2 Å². The minimum atomic E-state index is -3.94. The lowest BCUT2D eigenvalue weighted by Gasteiger charge is -2.12. The minimum absolute atomic E-state index is 0.0694. The Balaban J connectivity index is 3.16. The Kier molecular flexibility index (Phi) is 4.08. The van der Waals surface area contributed by atoms with Crippen LogP contribution in [0.25, 0.3) is 0 Å². The maximum absolute atomic E-state index is 11.9. The monoisotopic (exact) mass is 259 g/mol. The first-order valence-electron chi connectivity index (χ1n) is 4.71. The Hall–Kier alpha value is -1.60. The fraction of sp³-hybridized carbons (Fsp3) is 0.300. The van der Waals surface area contributed by atoms with Gasteiger partial charge in [-0.2, -0.15) is 0 Å². The Morgan fingerprint density at radius 3 is 2.24 bits per heavy atom. The summed E-state index contributed by atoms with van der Waals surface area (Å²) in [6, 6.07) is 5.53. The normalized spacial score (nSPS) is 13.1. The van der Waals surface area contributed by atoms with E-state index in [2.05, 4.69) is 5.32 Å². The van der Waals surface area contributed by atoms with Crippen molar-refractivity contribution in [1.29, 1.82) is 0 Å². The van der Waals surface area contributed by atoms with Crippen LogP contribution in [0.1, 0.15) is 0 Å². The predicted octanol–water partition coefficient (Wildman–Crippen LogP) is 0.0990. The van der Waals surface area contributed by atoms with Gasteiger partial charge in [0.15, 0.2) is 0 Å². The largest absolute Gasteiger partial charge is 0.497 e. The summed E-state index contributed by atoms with van der Waals surface area (Å²) in [7, 11) is -1.21. The highest BCUT2D eigenvalue weighted by Gasteiger charge is 2.32. The van der Waals surface area contributed by atoms with Gasteiger partial charge in [-0.1, -0.05) is 0 Å². The van der Waals surface area contributed by atoms with Gasteiger partial charge in [-0.05, 0) is 31.3 Å². The second kappa shape index (κ2) is 5.15. The van der Waals surface area contributed by atoms with Gasteiger partial charge < -0.3 is 9.84 Å². The predicted molar refractivity (Wildman–Crippen MR) is 60.7 cm³/mol. The summed E-state index contributed by atoms with van der Waals surface area (Å²) in [5.41, 5.74) is 0. The molecule has 0 aliphatic carbocycles. The number of hydrogen-bond donors (Lipinski definition) is 2. The standard InChI is InChI=1S/C10H13NO5S/c1-11-9(10(12)13)17(14,15)8-5-3-7(16-2)4-6-8/h3-6,9,11H,1-2H3,(H,12,13). The summed E-state index contributed by atoms with van der Waals surface area (Å²) in [6.45, 7) is 0. The van der Waals surface area contributed by atoms with E-state index < -0.39 is 21.2 Å². The summed E-state index contributed by atoms with van der Waals surface area (Å²) >= 11 is 0. The number of sulfone groups is 1.